The van der Waals surface area contributed by atoms with Crippen molar-refractivity contribution < 1.29 is 31.9 Å². The summed E-state index contributed by atoms with van der Waals surface area (Å²) in [7, 11) is 0. The minimum absolute atomic E-state index is 0. The predicted molar refractivity (Wildman–Crippen MR) is 9.93 cm³/mol. The third kappa shape index (κ3) is 17.0. The molecular weight excluding hydrogens is 125 g/mol. The molecule has 0 aliphatic rings. The van der Waals surface area contributed by atoms with E-state index >= 15 is 0 Å². The molecule has 0 aromatic rings. The van der Waals surface area contributed by atoms with Gasteiger partial charge in [-0.05, 0) is 0 Å². The second-order valence-corrected chi connectivity index (χ2v) is 0. The zero-order chi connectivity index (χ0) is 2.00. The van der Waals surface area contributed by atoms with Crippen LogP contribution in [0.1, 0.15) is 0 Å². The molecule has 0 aliphatic carbocycles. The second-order valence-electron chi connectivity index (χ2n) is 0. The molecule has 0 heterocycles. The Morgan fingerprint density at radius 3 is 1.25 bits per heavy atom. The zero-order valence-electron chi connectivity index (χ0n) is 2.37. The average molecular weight is 128 g/mol. The number of hydrogen-bond donors (Lipinski definition) is 0. The first-order chi connectivity index (χ1) is 1.00. The van der Waals surface area contributed by atoms with Crippen molar-refractivity contribution >= 4 is 0 Å². The maximum absolute atomic E-state index is 4.25. The van der Waals surface area contributed by atoms with Crippen molar-refractivity contribution in [1.82, 2.24) is 0 Å². The van der Waals surface area contributed by atoms with Crippen LogP contribution in [-0.4, -0.2) is 0 Å². The van der Waals surface area contributed by atoms with Crippen LogP contribution in [0, 0.1) is 6.58 Å². The van der Waals surface area contributed by atoms with Crippen LogP contribution < -0.4 is 12.4 Å². The predicted octanol–water partition coefficient (Wildman–Crippen LogP) is -2.39. The second kappa shape index (κ2) is 60.3. The molecule has 0 spiro atoms. The van der Waals surface area contributed by atoms with Crippen molar-refractivity contribution in [1.29, 1.82) is 0 Å². The van der Waals surface area contributed by atoms with Crippen LogP contribution in [0.4, 0.5) is 0 Å². The molecule has 4 heavy (non-hydrogen) atoms. The summed E-state index contributed by atoms with van der Waals surface area (Å²) in [5, 5.41) is 0. The fraction of sp³-hybridized carbons (Fsp3) is 0. The Kier molecular flexibility index (Phi) is 342. The fourth-order valence-electron chi connectivity index (χ4n) is 0. The molecule has 2 heteroatoms. The molecule has 0 unspecified atom stereocenters. The number of halogens is 1. The first-order valence-electron chi connectivity index (χ1n) is 0.408. The van der Waals surface area contributed by atoms with E-state index in [2.05, 4.69) is 13.2 Å². The monoisotopic (exact) mass is 126 g/mol. The minimum Gasteiger partial charge on any atom is -1.00 e. The molecular formula is C2H3ClZn-. The molecule has 0 nitrogen and oxygen atoms in total. The van der Waals surface area contributed by atoms with Crippen LogP contribution in [-0.2, 0) is 19.5 Å². The van der Waals surface area contributed by atoms with E-state index in [4.69, 9.17) is 0 Å². The van der Waals surface area contributed by atoms with Crippen molar-refractivity contribution in [2.24, 2.45) is 0 Å². The van der Waals surface area contributed by atoms with Gasteiger partial charge in [-0.3, -0.25) is 0 Å². The van der Waals surface area contributed by atoms with Crippen molar-refractivity contribution in [2.75, 3.05) is 0 Å². The van der Waals surface area contributed by atoms with E-state index < -0.39 is 0 Å². The van der Waals surface area contributed by atoms with Crippen LogP contribution >= 0.6 is 0 Å². The third-order valence-electron chi connectivity index (χ3n) is 0. The smallest absolute Gasteiger partial charge is 0 e. The van der Waals surface area contributed by atoms with Gasteiger partial charge >= 0.3 is 0 Å². The van der Waals surface area contributed by atoms with Gasteiger partial charge in [-0.15, -0.1) is 0 Å². The molecule has 0 bridgehead atoms. The minimum atomic E-state index is 0. The molecule has 0 amide bonds. The Morgan fingerprint density at radius 1 is 1.25 bits per heavy atom. The Bertz CT molecular complexity index is 6.00. The van der Waals surface area contributed by atoms with Crippen LogP contribution in [0.25, 0.3) is 0 Å². The molecule has 0 saturated carbocycles. The van der Waals surface area contributed by atoms with Gasteiger partial charge < -0.3 is 12.4 Å². The molecule has 0 aromatic carbocycles. The fourth-order valence-corrected chi connectivity index (χ4v) is 0. The largest absolute Gasteiger partial charge is 1.00 e. The van der Waals surface area contributed by atoms with Gasteiger partial charge in [0.2, 0.25) is 0 Å². The van der Waals surface area contributed by atoms with Crippen molar-refractivity contribution in [2.45, 2.75) is 0 Å². The Hall–Kier alpha value is 0.653. The summed E-state index contributed by atoms with van der Waals surface area (Å²) in [6.07, 6.45) is 0. The van der Waals surface area contributed by atoms with Gasteiger partial charge in [-0.25, -0.2) is 0 Å². The topological polar surface area (TPSA) is 0 Å². The Labute approximate surface area is 45.5 Å². The molecule has 0 aliphatic heterocycles. The maximum Gasteiger partial charge on any atom is 0 e. The summed E-state index contributed by atoms with van der Waals surface area (Å²) in [6, 6.07) is 0. The van der Waals surface area contributed by atoms with Gasteiger partial charge in [-0.2, -0.15) is 0 Å². The van der Waals surface area contributed by atoms with Crippen LogP contribution in [0.5, 0.6) is 0 Å². The Morgan fingerprint density at radius 2 is 1.25 bits per heavy atom. The summed E-state index contributed by atoms with van der Waals surface area (Å²) in [5.74, 6) is 0. The van der Waals surface area contributed by atoms with Crippen molar-refractivity contribution in [3.63, 3.8) is 0 Å². The van der Waals surface area contributed by atoms with Crippen molar-refractivity contribution in [3.05, 3.63) is 13.2 Å². The Balaban J connectivity index is -0.00000000500. The van der Waals surface area contributed by atoms with E-state index in [0.29, 0.717) is 0 Å². The van der Waals surface area contributed by atoms with E-state index in [0.717, 1.165) is 0 Å². The van der Waals surface area contributed by atoms with E-state index in [1.165, 1.54) is 0 Å². The molecule has 0 atom stereocenters. The maximum atomic E-state index is 4.25. The summed E-state index contributed by atoms with van der Waals surface area (Å²) in [4.78, 5) is 0. The summed E-state index contributed by atoms with van der Waals surface area (Å²) < 4.78 is 0. The third-order valence-corrected chi connectivity index (χ3v) is 0. The standard InChI is InChI=1S/C2H3.ClH.Zn/c1-2;;/h1H,2H2;1H;/p-1. The summed E-state index contributed by atoms with van der Waals surface area (Å²) >= 11 is 0. The normalized spacial score (nSPS) is 1.00. The summed E-state index contributed by atoms with van der Waals surface area (Å²) in [5.41, 5.74) is 0. The first kappa shape index (κ1) is 22.7. The van der Waals surface area contributed by atoms with E-state index in [1.54, 1.807) is 0 Å². The molecule has 0 rings (SSSR count). The SMILES string of the molecule is [CH]=C.[Cl-].[Zn]. The van der Waals surface area contributed by atoms with E-state index in [9.17, 15) is 0 Å². The number of hydrogen-bond acceptors (Lipinski definition) is 0. The van der Waals surface area contributed by atoms with Gasteiger partial charge in [0, 0.05) is 19.5 Å². The van der Waals surface area contributed by atoms with Gasteiger partial charge in [0.1, 0.15) is 0 Å². The van der Waals surface area contributed by atoms with Crippen molar-refractivity contribution in [3.8, 4) is 0 Å². The first-order valence-corrected chi connectivity index (χ1v) is 0.408. The molecule has 0 saturated heterocycles. The molecule has 0 fully saturated rings. The van der Waals surface area contributed by atoms with Crippen LogP contribution in [0.15, 0.2) is 6.58 Å². The van der Waals surface area contributed by atoms with Gasteiger partial charge in [0.05, 0.1) is 0 Å². The van der Waals surface area contributed by atoms with Gasteiger partial charge in [0.15, 0.2) is 0 Å². The summed E-state index contributed by atoms with van der Waals surface area (Å²) in [6.45, 7) is 7.00. The van der Waals surface area contributed by atoms with Crippen LogP contribution in [0.3, 0.4) is 0 Å². The van der Waals surface area contributed by atoms with Gasteiger partial charge in [-0.1, -0.05) is 13.2 Å². The van der Waals surface area contributed by atoms with E-state index in [1.807, 2.05) is 0 Å². The molecule has 0 aromatic heterocycles. The van der Waals surface area contributed by atoms with E-state index in [-0.39, 0.29) is 31.9 Å². The number of rotatable bonds is 0. The molecule has 0 N–H and O–H groups in total. The zero-order valence-corrected chi connectivity index (χ0v) is 6.09. The average Bonchev–Trinajstić information content (AvgIpc) is 1.00. The van der Waals surface area contributed by atoms with Gasteiger partial charge in [0.25, 0.3) is 0 Å². The van der Waals surface area contributed by atoms with Crippen LogP contribution in [0.2, 0.25) is 0 Å². The quantitative estimate of drug-likeness (QED) is 0.319. The molecule has 1 radical (unpaired) electrons. The molecule has 21 valence electrons.